The van der Waals surface area contributed by atoms with E-state index < -0.39 is 0 Å². The first-order chi connectivity index (χ1) is 12.4. The number of aliphatic imine (C=N–C) groups is 1. The van der Waals surface area contributed by atoms with Crippen LogP contribution >= 0.6 is 24.0 Å². The summed E-state index contributed by atoms with van der Waals surface area (Å²) in [5.41, 5.74) is 4.03. The molecule has 0 aliphatic carbocycles. The van der Waals surface area contributed by atoms with E-state index in [1.54, 1.807) is 0 Å². The van der Waals surface area contributed by atoms with Crippen molar-refractivity contribution >= 4 is 29.9 Å². The van der Waals surface area contributed by atoms with Gasteiger partial charge in [-0.1, -0.05) is 45.0 Å². The number of halogens is 1. The predicted molar refractivity (Wildman–Crippen MR) is 125 cm³/mol. The molecule has 0 unspecified atom stereocenters. The van der Waals surface area contributed by atoms with Gasteiger partial charge in [0, 0.05) is 38.8 Å². The SMILES string of the molecule is CCc1ccc(C(C)(C)CNC(=NC)NCCCc2cnn(C)c2)cc1.I. The normalized spacial score (nSPS) is 11.8. The fourth-order valence-electron chi connectivity index (χ4n) is 2.92. The van der Waals surface area contributed by atoms with Crippen molar-refractivity contribution in [2.24, 2.45) is 12.0 Å². The number of rotatable bonds is 8. The van der Waals surface area contributed by atoms with Gasteiger partial charge in [-0.15, -0.1) is 24.0 Å². The third kappa shape index (κ3) is 7.52. The highest BCUT2D eigenvalue weighted by Gasteiger charge is 2.20. The van der Waals surface area contributed by atoms with Crippen molar-refractivity contribution in [3.05, 3.63) is 53.3 Å². The molecule has 0 aliphatic rings. The number of benzene rings is 1. The number of aromatic nitrogens is 2. The molecule has 2 aromatic rings. The van der Waals surface area contributed by atoms with Crippen LogP contribution in [-0.4, -0.2) is 35.9 Å². The summed E-state index contributed by atoms with van der Waals surface area (Å²) in [7, 11) is 3.77. The first-order valence-electron chi connectivity index (χ1n) is 9.46. The lowest BCUT2D eigenvalue weighted by molar-refractivity contribution is 0.508. The highest BCUT2D eigenvalue weighted by atomic mass is 127. The van der Waals surface area contributed by atoms with Crippen molar-refractivity contribution in [3.63, 3.8) is 0 Å². The zero-order valence-corrected chi connectivity index (χ0v) is 19.6. The Balaban J connectivity index is 0.00000364. The van der Waals surface area contributed by atoms with Gasteiger partial charge in [0.1, 0.15) is 0 Å². The molecule has 5 nitrogen and oxygen atoms in total. The summed E-state index contributed by atoms with van der Waals surface area (Å²) in [5, 5.41) is 11.1. The van der Waals surface area contributed by atoms with Crippen molar-refractivity contribution in [2.75, 3.05) is 20.1 Å². The molecule has 0 saturated heterocycles. The minimum Gasteiger partial charge on any atom is -0.356 e. The van der Waals surface area contributed by atoms with Crippen LogP contribution in [0.5, 0.6) is 0 Å². The summed E-state index contributed by atoms with van der Waals surface area (Å²) in [5.74, 6) is 0.856. The van der Waals surface area contributed by atoms with E-state index in [2.05, 4.69) is 72.0 Å². The zero-order valence-electron chi connectivity index (χ0n) is 17.2. The van der Waals surface area contributed by atoms with Gasteiger partial charge in [0.25, 0.3) is 0 Å². The largest absolute Gasteiger partial charge is 0.356 e. The monoisotopic (exact) mass is 483 g/mol. The average molecular weight is 483 g/mol. The van der Waals surface area contributed by atoms with E-state index in [-0.39, 0.29) is 29.4 Å². The number of nitrogens with zero attached hydrogens (tertiary/aromatic N) is 3. The molecule has 0 amide bonds. The third-order valence-electron chi connectivity index (χ3n) is 4.76. The number of guanidine groups is 1. The van der Waals surface area contributed by atoms with E-state index in [4.69, 9.17) is 0 Å². The number of hydrogen-bond donors (Lipinski definition) is 2. The molecule has 0 fully saturated rings. The first kappa shape index (κ1) is 23.5. The van der Waals surface area contributed by atoms with Crippen LogP contribution in [0.2, 0.25) is 0 Å². The minimum atomic E-state index is 0. The lowest BCUT2D eigenvalue weighted by atomic mass is 9.84. The van der Waals surface area contributed by atoms with Gasteiger partial charge in [-0.2, -0.15) is 5.10 Å². The summed E-state index contributed by atoms with van der Waals surface area (Å²) >= 11 is 0. The average Bonchev–Trinajstić information content (AvgIpc) is 3.06. The summed E-state index contributed by atoms with van der Waals surface area (Å²) in [6.45, 7) is 8.43. The van der Waals surface area contributed by atoms with Gasteiger partial charge in [-0.05, 0) is 36.0 Å². The molecular formula is C21H34IN5. The van der Waals surface area contributed by atoms with Gasteiger partial charge in [0.2, 0.25) is 0 Å². The van der Waals surface area contributed by atoms with Crippen LogP contribution in [0.25, 0.3) is 0 Å². The molecule has 0 bridgehead atoms. The van der Waals surface area contributed by atoms with Crippen LogP contribution in [0.4, 0.5) is 0 Å². The first-order valence-corrected chi connectivity index (χ1v) is 9.46. The van der Waals surface area contributed by atoms with Gasteiger partial charge in [0.05, 0.1) is 6.20 Å². The fourth-order valence-corrected chi connectivity index (χ4v) is 2.92. The smallest absolute Gasteiger partial charge is 0.191 e. The quantitative estimate of drug-likeness (QED) is 0.261. The van der Waals surface area contributed by atoms with Crippen molar-refractivity contribution in [1.82, 2.24) is 20.4 Å². The number of aryl methyl sites for hydroxylation is 3. The standard InChI is InChI=1S/C21H33N5.HI/c1-6-17-9-11-19(12-10-17)21(2,3)16-24-20(22-4)23-13-7-8-18-14-25-26(5)15-18;/h9-12,14-15H,6-8,13,16H2,1-5H3,(H2,22,23,24);1H. The molecule has 27 heavy (non-hydrogen) atoms. The summed E-state index contributed by atoms with van der Waals surface area (Å²) in [6.07, 6.45) is 7.15. The third-order valence-corrected chi connectivity index (χ3v) is 4.76. The maximum Gasteiger partial charge on any atom is 0.191 e. The lowest BCUT2D eigenvalue weighted by Crippen LogP contribution is -2.43. The van der Waals surface area contributed by atoms with E-state index in [1.165, 1.54) is 16.7 Å². The molecule has 6 heteroatoms. The Hall–Kier alpha value is -1.57. The molecule has 1 aromatic carbocycles. The van der Waals surface area contributed by atoms with Crippen molar-refractivity contribution in [1.29, 1.82) is 0 Å². The molecule has 2 rings (SSSR count). The molecule has 2 N–H and O–H groups in total. The van der Waals surface area contributed by atoms with E-state index in [9.17, 15) is 0 Å². The highest BCUT2D eigenvalue weighted by molar-refractivity contribution is 14.0. The van der Waals surface area contributed by atoms with Gasteiger partial charge in [-0.25, -0.2) is 0 Å². The van der Waals surface area contributed by atoms with E-state index >= 15 is 0 Å². The predicted octanol–water partition coefficient (Wildman–Crippen LogP) is 3.68. The van der Waals surface area contributed by atoms with E-state index in [0.717, 1.165) is 38.3 Å². The zero-order chi connectivity index (χ0) is 19.0. The van der Waals surface area contributed by atoms with Crippen molar-refractivity contribution < 1.29 is 0 Å². The number of hydrogen-bond acceptors (Lipinski definition) is 2. The van der Waals surface area contributed by atoms with Gasteiger partial charge < -0.3 is 10.6 Å². The summed E-state index contributed by atoms with van der Waals surface area (Å²) in [4.78, 5) is 4.34. The molecular weight excluding hydrogens is 449 g/mol. The Morgan fingerprint density at radius 2 is 1.85 bits per heavy atom. The van der Waals surface area contributed by atoms with Crippen molar-refractivity contribution in [2.45, 2.75) is 45.4 Å². The lowest BCUT2D eigenvalue weighted by Gasteiger charge is -2.27. The molecule has 0 aliphatic heterocycles. The maximum absolute atomic E-state index is 4.34. The molecule has 1 aromatic heterocycles. The second-order valence-corrected chi connectivity index (χ2v) is 7.41. The number of nitrogens with one attached hydrogen (secondary N) is 2. The molecule has 0 spiro atoms. The van der Waals surface area contributed by atoms with Gasteiger partial charge in [-0.3, -0.25) is 9.67 Å². The van der Waals surface area contributed by atoms with Crippen LogP contribution < -0.4 is 10.6 Å². The second-order valence-electron chi connectivity index (χ2n) is 7.41. The van der Waals surface area contributed by atoms with Crippen LogP contribution in [0.15, 0.2) is 41.7 Å². The van der Waals surface area contributed by atoms with Gasteiger partial charge >= 0.3 is 0 Å². The molecule has 0 saturated carbocycles. The molecule has 0 radical (unpaired) electrons. The Labute approximate surface area is 181 Å². The second kappa shape index (κ2) is 11.3. The topological polar surface area (TPSA) is 54.2 Å². The van der Waals surface area contributed by atoms with E-state index in [0.29, 0.717) is 0 Å². The van der Waals surface area contributed by atoms with Crippen LogP contribution in [0.3, 0.4) is 0 Å². The molecule has 1 heterocycles. The van der Waals surface area contributed by atoms with Crippen LogP contribution in [0, 0.1) is 0 Å². The Morgan fingerprint density at radius 3 is 2.41 bits per heavy atom. The maximum atomic E-state index is 4.34. The fraction of sp³-hybridized carbons (Fsp3) is 0.524. The van der Waals surface area contributed by atoms with E-state index in [1.807, 2.05) is 25.0 Å². The Kier molecular flexibility index (Phi) is 9.83. The van der Waals surface area contributed by atoms with Crippen LogP contribution in [0.1, 0.15) is 43.9 Å². The highest BCUT2D eigenvalue weighted by Crippen LogP contribution is 2.22. The minimum absolute atomic E-state index is 0. The Morgan fingerprint density at radius 1 is 1.15 bits per heavy atom. The molecule has 0 atom stereocenters. The van der Waals surface area contributed by atoms with Crippen LogP contribution in [-0.2, 0) is 25.3 Å². The summed E-state index contributed by atoms with van der Waals surface area (Å²) < 4.78 is 1.85. The summed E-state index contributed by atoms with van der Waals surface area (Å²) in [6, 6.07) is 8.93. The van der Waals surface area contributed by atoms with Gasteiger partial charge in [0.15, 0.2) is 5.96 Å². The van der Waals surface area contributed by atoms with Crippen molar-refractivity contribution in [3.8, 4) is 0 Å². The Bertz CT molecular complexity index is 704. The molecule has 150 valence electrons.